The second-order valence-electron chi connectivity index (χ2n) is 8.34. The summed E-state index contributed by atoms with van der Waals surface area (Å²) in [5.41, 5.74) is 8.66. The third-order valence-electron chi connectivity index (χ3n) is 5.67. The lowest BCUT2D eigenvalue weighted by molar-refractivity contribution is -0.132. The number of aryl methyl sites for hydroxylation is 1. The van der Waals surface area contributed by atoms with Crippen molar-refractivity contribution >= 4 is 40.2 Å². The lowest BCUT2D eigenvalue weighted by atomic mass is 9.97. The third kappa shape index (κ3) is 6.96. The number of nitrogens with one attached hydrogen (secondary N) is 3. The molecule has 3 rings (SSSR count). The smallest absolute Gasteiger partial charge is 0.242 e. The van der Waals surface area contributed by atoms with Crippen LogP contribution in [0.3, 0.4) is 0 Å². The van der Waals surface area contributed by atoms with Crippen molar-refractivity contribution in [2.24, 2.45) is 0 Å². The van der Waals surface area contributed by atoms with Gasteiger partial charge in [-0.1, -0.05) is 48.5 Å². The molecule has 0 bridgehead atoms. The molecule has 0 unspecified atom stereocenters. The number of rotatable bonds is 13. The number of nitrogen functional groups attached to an aromatic ring is 1. The van der Waals surface area contributed by atoms with Crippen molar-refractivity contribution in [1.82, 2.24) is 4.98 Å². The predicted molar refractivity (Wildman–Crippen MR) is 139 cm³/mol. The van der Waals surface area contributed by atoms with Crippen LogP contribution in [0.2, 0.25) is 0 Å². The summed E-state index contributed by atoms with van der Waals surface area (Å²) in [6.45, 7) is 0. The van der Waals surface area contributed by atoms with Gasteiger partial charge in [0.25, 0.3) is 0 Å². The first-order valence-electron chi connectivity index (χ1n) is 11.4. The number of nitrogens with zero attached hydrogens (tertiary/aromatic N) is 1. The van der Waals surface area contributed by atoms with Gasteiger partial charge in [-0.3, -0.25) is 19.4 Å². The number of nitrogens with two attached hydrogens (primary N) is 1. The molecule has 5 N–H and O–H groups in total. The second kappa shape index (κ2) is 12.2. The average molecular weight is 482 g/mol. The Bertz CT molecular complexity index is 1310. The lowest BCUT2D eigenvalue weighted by Gasteiger charge is -2.08. The summed E-state index contributed by atoms with van der Waals surface area (Å²) in [5, 5.41) is 24.1. The van der Waals surface area contributed by atoms with Crippen molar-refractivity contribution in [3.8, 4) is 0 Å². The summed E-state index contributed by atoms with van der Waals surface area (Å²) in [6.07, 6.45) is 3.78. The molecule has 0 fully saturated rings. The molecule has 0 aliphatic carbocycles. The number of ketones is 3. The van der Waals surface area contributed by atoms with E-state index in [4.69, 9.17) is 22.0 Å². The Balaban J connectivity index is 1.45. The zero-order chi connectivity index (χ0) is 26.1. The molecular formula is C28H27N5O3. The van der Waals surface area contributed by atoms with Gasteiger partial charge in [-0.25, -0.2) is 0 Å². The molecule has 0 aliphatic rings. The molecule has 36 heavy (non-hydrogen) atoms. The van der Waals surface area contributed by atoms with Gasteiger partial charge in [-0.15, -0.1) is 0 Å². The number of carbonyl (C=O) groups is 3. The summed E-state index contributed by atoms with van der Waals surface area (Å²) in [7, 11) is 0. The number of Topliss-reactive ketones (excluding diaryl/α,β-unsaturated/α-hetero) is 3. The lowest BCUT2D eigenvalue weighted by Crippen LogP contribution is -2.25. The van der Waals surface area contributed by atoms with Crippen LogP contribution in [0.15, 0.2) is 73.1 Å². The van der Waals surface area contributed by atoms with Crippen LogP contribution >= 0.6 is 0 Å². The van der Waals surface area contributed by atoms with Gasteiger partial charge in [0.05, 0.1) is 18.6 Å². The fourth-order valence-electron chi connectivity index (χ4n) is 3.62. The molecule has 1 aromatic heterocycles. The van der Waals surface area contributed by atoms with Crippen molar-refractivity contribution in [2.75, 3.05) is 5.73 Å². The summed E-state index contributed by atoms with van der Waals surface area (Å²) >= 11 is 0. The Labute approximate surface area is 209 Å². The largest absolute Gasteiger partial charge is 0.398 e. The van der Waals surface area contributed by atoms with Crippen LogP contribution in [0.4, 0.5) is 5.69 Å². The monoisotopic (exact) mass is 481 g/mol. The maximum absolute atomic E-state index is 12.6. The van der Waals surface area contributed by atoms with Gasteiger partial charge in [0, 0.05) is 46.2 Å². The van der Waals surface area contributed by atoms with Crippen molar-refractivity contribution in [3.63, 3.8) is 0 Å². The zero-order valence-corrected chi connectivity index (χ0v) is 19.7. The Morgan fingerprint density at radius 3 is 2.19 bits per heavy atom. The highest BCUT2D eigenvalue weighted by molar-refractivity contribution is 6.65. The van der Waals surface area contributed by atoms with E-state index in [9.17, 15) is 14.4 Å². The molecule has 8 heteroatoms. The minimum atomic E-state index is -0.869. The van der Waals surface area contributed by atoms with Crippen molar-refractivity contribution in [1.29, 1.82) is 16.2 Å². The topological polar surface area (TPSA) is 162 Å². The highest BCUT2D eigenvalue weighted by Crippen LogP contribution is 2.16. The number of hydrogen-bond donors (Lipinski definition) is 4. The second-order valence-corrected chi connectivity index (χ2v) is 8.34. The van der Waals surface area contributed by atoms with E-state index in [2.05, 4.69) is 4.98 Å². The van der Waals surface area contributed by atoms with Gasteiger partial charge >= 0.3 is 0 Å². The third-order valence-corrected chi connectivity index (χ3v) is 5.67. The van der Waals surface area contributed by atoms with E-state index >= 15 is 0 Å². The van der Waals surface area contributed by atoms with Gasteiger partial charge in [0.15, 0.2) is 5.78 Å². The van der Waals surface area contributed by atoms with E-state index in [1.165, 1.54) is 6.20 Å². The van der Waals surface area contributed by atoms with Crippen molar-refractivity contribution < 1.29 is 14.4 Å². The van der Waals surface area contributed by atoms with Gasteiger partial charge in [-0.2, -0.15) is 0 Å². The summed E-state index contributed by atoms with van der Waals surface area (Å²) in [6, 6.07) is 17.3. The Kier molecular flexibility index (Phi) is 8.83. The van der Waals surface area contributed by atoms with Gasteiger partial charge in [0.1, 0.15) is 0 Å². The van der Waals surface area contributed by atoms with E-state index in [0.717, 1.165) is 5.56 Å². The molecule has 0 amide bonds. The fourth-order valence-corrected chi connectivity index (χ4v) is 3.62. The minimum Gasteiger partial charge on any atom is -0.398 e. The zero-order valence-electron chi connectivity index (χ0n) is 19.7. The van der Waals surface area contributed by atoms with Crippen LogP contribution < -0.4 is 5.73 Å². The average Bonchev–Trinajstić information content (AvgIpc) is 2.89. The molecule has 0 saturated heterocycles. The molecule has 0 atom stereocenters. The Morgan fingerprint density at radius 2 is 1.53 bits per heavy atom. The molecular weight excluding hydrogens is 454 g/mol. The van der Waals surface area contributed by atoms with E-state index in [1.807, 2.05) is 0 Å². The summed E-state index contributed by atoms with van der Waals surface area (Å²) in [4.78, 5) is 40.9. The Morgan fingerprint density at radius 1 is 0.806 bits per heavy atom. The first kappa shape index (κ1) is 26.0. The molecule has 0 saturated carbocycles. The molecule has 0 spiro atoms. The fraction of sp³-hybridized carbons (Fsp3) is 0.179. The molecule has 1 heterocycles. The standard InChI is InChI=1S/C28H27N5O3/c29-22-8-2-1-7-21(22)25(32)16-26(34)19-12-10-18(11-13-19)5-3-9-23(30)28(36)27(35)15-24(31)20-6-4-14-33-17-20/h1-2,4,6-8,10-14,17,30-32H,3,5,9,15-16,29H2. The van der Waals surface area contributed by atoms with Crippen LogP contribution in [0.5, 0.6) is 0 Å². The van der Waals surface area contributed by atoms with Crippen LogP contribution in [-0.4, -0.2) is 39.5 Å². The molecule has 0 radical (unpaired) electrons. The molecule has 3 aromatic rings. The predicted octanol–water partition coefficient (Wildman–Crippen LogP) is 4.24. The SMILES string of the molecule is N=C(CCCc1ccc(C(=O)CC(=N)c2ccccc2N)cc1)C(=O)C(=O)CC(=N)c1cccnc1. The number of anilines is 1. The van der Waals surface area contributed by atoms with Gasteiger partial charge in [0.2, 0.25) is 11.6 Å². The van der Waals surface area contributed by atoms with E-state index in [0.29, 0.717) is 35.2 Å². The Hall–Kier alpha value is -4.59. The highest BCUT2D eigenvalue weighted by Gasteiger charge is 2.21. The van der Waals surface area contributed by atoms with Gasteiger partial charge in [-0.05, 0) is 37.0 Å². The van der Waals surface area contributed by atoms with E-state index in [-0.39, 0.29) is 42.2 Å². The normalized spacial score (nSPS) is 10.4. The number of benzene rings is 2. The number of carbonyl (C=O) groups excluding carboxylic acids is 3. The highest BCUT2D eigenvalue weighted by atomic mass is 16.2. The van der Waals surface area contributed by atoms with Gasteiger partial charge < -0.3 is 22.0 Å². The van der Waals surface area contributed by atoms with E-state index < -0.39 is 11.6 Å². The number of para-hydroxylation sites is 1. The maximum Gasteiger partial charge on any atom is 0.242 e. The van der Waals surface area contributed by atoms with Crippen molar-refractivity contribution in [3.05, 3.63) is 95.3 Å². The van der Waals surface area contributed by atoms with Crippen LogP contribution in [-0.2, 0) is 16.0 Å². The van der Waals surface area contributed by atoms with E-state index in [1.54, 1.807) is 66.9 Å². The minimum absolute atomic E-state index is 0.00809. The number of pyridine rings is 1. The first-order chi connectivity index (χ1) is 17.3. The quantitative estimate of drug-likeness (QED) is 0.124. The van der Waals surface area contributed by atoms with Crippen molar-refractivity contribution in [2.45, 2.75) is 32.1 Å². The van der Waals surface area contributed by atoms with Crippen LogP contribution in [0, 0.1) is 16.2 Å². The molecule has 182 valence electrons. The summed E-state index contributed by atoms with van der Waals surface area (Å²) < 4.78 is 0. The van der Waals surface area contributed by atoms with Crippen LogP contribution in [0.25, 0.3) is 0 Å². The first-order valence-corrected chi connectivity index (χ1v) is 11.4. The molecule has 2 aromatic carbocycles. The molecule has 0 aliphatic heterocycles. The summed E-state index contributed by atoms with van der Waals surface area (Å²) in [5.74, 6) is -1.83. The maximum atomic E-state index is 12.6. The number of aromatic nitrogens is 1. The van der Waals surface area contributed by atoms with Crippen LogP contribution in [0.1, 0.15) is 52.7 Å². The molecule has 8 nitrogen and oxygen atoms in total. The number of hydrogen-bond acceptors (Lipinski definition) is 8.